The molecule has 0 aliphatic carbocycles. The number of aryl methyl sites for hydroxylation is 1. The lowest BCUT2D eigenvalue weighted by atomic mass is 10.1. The van der Waals surface area contributed by atoms with Gasteiger partial charge in [0.1, 0.15) is 16.4 Å². The Balaban J connectivity index is 1.92. The number of thiazole rings is 1. The molecule has 1 amide bonds. The van der Waals surface area contributed by atoms with Gasteiger partial charge in [-0.15, -0.1) is 11.3 Å². The van der Waals surface area contributed by atoms with Crippen LogP contribution in [-0.2, 0) is 21.4 Å². The van der Waals surface area contributed by atoms with Gasteiger partial charge in [0, 0.05) is 44.0 Å². The SMILES string of the molecule is CCCCN(C)S(=O)(=O)c1cc(-c2nc(C)cs2)n(CC(=O)N2CCCCC2)c1. The number of likely N-dealkylation sites (tertiary alicyclic amines) is 1. The first-order chi connectivity index (χ1) is 13.8. The van der Waals surface area contributed by atoms with E-state index in [2.05, 4.69) is 4.98 Å². The Morgan fingerprint density at radius 3 is 2.62 bits per heavy atom. The third-order valence-electron chi connectivity index (χ3n) is 5.26. The van der Waals surface area contributed by atoms with E-state index in [9.17, 15) is 13.2 Å². The predicted molar refractivity (Wildman–Crippen MR) is 115 cm³/mol. The maximum absolute atomic E-state index is 13.0. The second kappa shape index (κ2) is 9.40. The third-order valence-corrected chi connectivity index (χ3v) is 8.06. The second-order valence-corrected chi connectivity index (χ2v) is 10.5. The van der Waals surface area contributed by atoms with Crippen molar-refractivity contribution in [3.63, 3.8) is 0 Å². The topological polar surface area (TPSA) is 75.5 Å². The molecule has 1 saturated heterocycles. The Morgan fingerprint density at radius 1 is 1.28 bits per heavy atom. The number of rotatable bonds is 8. The minimum atomic E-state index is -3.61. The second-order valence-electron chi connectivity index (χ2n) is 7.60. The van der Waals surface area contributed by atoms with Crippen LogP contribution in [0.4, 0.5) is 0 Å². The van der Waals surface area contributed by atoms with Gasteiger partial charge in [0.25, 0.3) is 0 Å². The van der Waals surface area contributed by atoms with Crippen molar-refractivity contribution in [1.29, 1.82) is 0 Å². The van der Waals surface area contributed by atoms with Crippen LogP contribution in [0.1, 0.15) is 44.7 Å². The molecular formula is C20H30N4O3S2. The molecule has 0 atom stereocenters. The summed E-state index contributed by atoms with van der Waals surface area (Å²) in [7, 11) is -2.00. The molecule has 1 aliphatic rings. The van der Waals surface area contributed by atoms with Gasteiger partial charge in [0.2, 0.25) is 15.9 Å². The lowest BCUT2D eigenvalue weighted by Gasteiger charge is -2.27. The van der Waals surface area contributed by atoms with Gasteiger partial charge in [0.05, 0.1) is 5.69 Å². The molecule has 0 bridgehead atoms. The van der Waals surface area contributed by atoms with Gasteiger partial charge >= 0.3 is 0 Å². The zero-order valence-electron chi connectivity index (χ0n) is 17.4. The van der Waals surface area contributed by atoms with Gasteiger partial charge in [-0.25, -0.2) is 17.7 Å². The number of piperidine rings is 1. The Bertz CT molecular complexity index is 943. The molecule has 7 nitrogen and oxygen atoms in total. The van der Waals surface area contributed by atoms with E-state index in [1.165, 1.54) is 15.6 Å². The van der Waals surface area contributed by atoms with Crippen molar-refractivity contribution in [2.24, 2.45) is 0 Å². The molecule has 1 aliphatic heterocycles. The van der Waals surface area contributed by atoms with E-state index in [-0.39, 0.29) is 17.3 Å². The molecule has 0 spiro atoms. The number of sulfonamides is 1. The first kappa shape index (κ1) is 22.0. The fourth-order valence-corrected chi connectivity index (χ4v) is 5.55. The van der Waals surface area contributed by atoms with Gasteiger partial charge in [0.15, 0.2) is 0 Å². The van der Waals surface area contributed by atoms with Crippen molar-refractivity contribution in [2.45, 2.75) is 57.4 Å². The maximum Gasteiger partial charge on any atom is 0.244 e. The summed E-state index contributed by atoms with van der Waals surface area (Å²) in [6.07, 6.45) is 6.53. The summed E-state index contributed by atoms with van der Waals surface area (Å²) in [5.41, 5.74) is 1.56. The highest BCUT2D eigenvalue weighted by molar-refractivity contribution is 7.89. The van der Waals surface area contributed by atoms with Crippen LogP contribution < -0.4 is 0 Å². The van der Waals surface area contributed by atoms with E-state index < -0.39 is 10.0 Å². The number of hydrogen-bond donors (Lipinski definition) is 0. The van der Waals surface area contributed by atoms with E-state index in [4.69, 9.17) is 0 Å². The summed E-state index contributed by atoms with van der Waals surface area (Å²) < 4.78 is 29.2. The molecule has 2 aromatic heterocycles. The van der Waals surface area contributed by atoms with E-state index in [0.717, 1.165) is 55.9 Å². The van der Waals surface area contributed by atoms with Gasteiger partial charge in [-0.2, -0.15) is 0 Å². The molecule has 1 fully saturated rings. The molecular weight excluding hydrogens is 408 g/mol. The van der Waals surface area contributed by atoms with Crippen LogP contribution in [0.15, 0.2) is 22.5 Å². The van der Waals surface area contributed by atoms with E-state index in [1.807, 2.05) is 24.1 Å². The Morgan fingerprint density at radius 2 is 2.00 bits per heavy atom. The molecule has 29 heavy (non-hydrogen) atoms. The largest absolute Gasteiger partial charge is 0.341 e. The van der Waals surface area contributed by atoms with Crippen molar-refractivity contribution in [2.75, 3.05) is 26.7 Å². The highest BCUT2D eigenvalue weighted by Crippen LogP contribution is 2.29. The van der Waals surface area contributed by atoms with Crippen LogP contribution in [0.5, 0.6) is 0 Å². The van der Waals surface area contributed by atoms with Crippen LogP contribution in [0, 0.1) is 6.92 Å². The maximum atomic E-state index is 13.0. The lowest BCUT2D eigenvalue weighted by Crippen LogP contribution is -2.37. The standard InChI is InChI=1S/C20H30N4O3S2/c1-4-5-9-22(3)29(26,27)17-12-18(20-21-16(2)15-28-20)24(13-17)14-19(25)23-10-7-6-8-11-23/h12-13,15H,4-11,14H2,1-3H3. The van der Waals surface area contributed by atoms with Crippen molar-refractivity contribution in [3.05, 3.63) is 23.3 Å². The zero-order chi connectivity index (χ0) is 21.0. The van der Waals surface area contributed by atoms with Crippen molar-refractivity contribution in [3.8, 4) is 10.7 Å². The van der Waals surface area contributed by atoms with Crippen LogP contribution in [0.2, 0.25) is 0 Å². The van der Waals surface area contributed by atoms with Crippen molar-refractivity contribution >= 4 is 27.3 Å². The first-order valence-electron chi connectivity index (χ1n) is 10.2. The van der Waals surface area contributed by atoms with Gasteiger partial charge in [-0.3, -0.25) is 4.79 Å². The number of amides is 1. The molecule has 3 heterocycles. The summed E-state index contributed by atoms with van der Waals surface area (Å²) in [6, 6.07) is 1.65. The first-order valence-corrected chi connectivity index (χ1v) is 12.5. The minimum absolute atomic E-state index is 0.0260. The molecule has 3 rings (SSSR count). The zero-order valence-corrected chi connectivity index (χ0v) is 19.1. The summed E-state index contributed by atoms with van der Waals surface area (Å²) in [6.45, 7) is 6.09. The number of aromatic nitrogens is 2. The fourth-order valence-electron chi connectivity index (χ4n) is 3.48. The average molecular weight is 439 g/mol. The number of carbonyl (C=O) groups is 1. The van der Waals surface area contributed by atoms with Crippen LogP contribution in [-0.4, -0.2) is 59.8 Å². The lowest BCUT2D eigenvalue weighted by molar-refractivity contribution is -0.132. The van der Waals surface area contributed by atoms with Crippen LogP contribution in [0.3, 0.4) is 0 Å². The normalized spacial score (nSPS) is 15.2. The predicted octanol–water partition coefficient (Wildman–Crippen LogP) is 3.35. The Labute approximate surface area is 177 Å². The van der Waals surface area contributed by atoms with Crippen LogP contribution >= 0.6 is 11.3 Å². The van der Waals surface area contributed by atoms with E-state index in [0.29, 0.717) is 12.2 Å². The van der Waals surface area contributed by atoms with Gasteiger partial charge < -0.3 is 9.47 Å². The minimum Gasteiger partial charge on any atom is -0.341 e. The Kier molecular flexibility index (Phi) is 7.13. The molecule has 0 N–H and O–H groups in total. The molecule has 0 saturated carbocycles. The highest BCUT2D eigenvalue weighted by atomic mass is 32.2. The number of carbonyl (C=O) groups excluding carboxylic acids is 1. The molecule has 0 radical (unpaired) electrons. The average Bonchev–Trinajstić information content (AvgIpc) is 3.33. The Hall–Kier alpha value is -1.71. The number of unbranched alkanes of at least 4 members (excludes halogenated alkanes) is 1. The van der Waals surface area contributed by atoms with Crippen LogP contribution in [0.25, 0.3) is 10.7 Å². The quantitative estimate of drug-likeness (QED) is 0.633. The fraction of sp³-hybridized carbons (Fsp3) is 0.600. The number of nitrogens with zero attached hydrogens (tertiary/aromatic N) is 4. The molecule has 2 aromatic rings. The van der Waals surface area contributed by atoms with E-state index >= 15 is 0 Å². The summed E-state index contributed by atoms with van der Waals surface area (Å²) in [5, 5.41) is 2.66. The van der Waals surface area contributed by atoms with Crippen molar-refractivity contribution in [1.82, 2.24) is 18.8 Å². The smallest absolute Gasteiger partial charge is 0.244 e. The summed E-state index contributed by atoms with van der Waals surface area (Å²) in [4.78, 5) is 19.4. The monoisotopic (exact) mass is 438 g/mol. The van der Waals surface area contributed by atoms with Gasteiger partial charge in [-0.05, 0) is 38.7 Å². The molecule has 0 unspecified atom stereocenters. The van der Waals surface area contributed by atoms with Gasteiger partial charge in [-0.1, -0.05) is 13.3 Å². The van der Waals surface area contributed by atoms with Crippen molar-refractivity contribution < 1.29 is 13.2 Å². The third kappa shape index (κ3) is 5.07. The van der Waals surface area contributed by atoms with E-state index in [1.54, 1.807) is 23.9 Å². The molecule has 9 heteroatoms. The number of hydrogen-bond acceptors (Lipinski definition) is 5. The molecule has 0 aromatic carbocycles. The molecule has 160 valence electrons. The summed E-state index contributed by atoms with van der Waals surface area (Å²) in [5.74, 6) is 0.0260. The summed E-state index contributed by atoms with van der Waals surface area (Å²) >= 11 is 1.46. The highest BCUT2D eigenvalue weighted by Gasteiger charge is 2.26.